The fraction of sp³-hybridized carbons (Fsp3) is 0.414. The maximum Gasteiger partial charge on any atom is 0.238 e. The highest BCUT2D eigenvalue weighted by Crippen LogP contribution is 2.41. The van der Waals surface area contributed by atoms with Gasteiger partial charge in [0, 0.05) is 23.2 Å². The summed E-state index contributed by atoms with van der Waals surface area (Å²) in [4.78, 5) is 5.48. The van der Waals surface area contributed by atoms with Crippen LogP contribution in [0.5, 0.6) is 0 Å². The first-order valence-corrected chi connectivity index (χ1v) is 20.0. The number of hydrogen-bond acceptors (Lipinski definition) is 6. The van der Waals surface area contributed by atoms with Gasteiger partial charge in [-0.3, -0.25) is 0 Å². The number of nitrogens with zero attached hydrogens (tertiary/aromatic N) is 1. The molecule has 0 bridgehead atoms. The van der Waals surface area contributed by atoms with Crippen LogP contribution in [0.15, 0.2) is 69.5 Å². The lowest BCUT2D eigenvalue weighted by Gasteiger charge is -2.36. The van der Waals surface area contributed by atoms with Crippen LogP contribution in [0.3, 0.4) is 0 Å². The highest BCUT2D eigenvalue weighted by Gasteiger charge is 2.37. The normalized spacial score (nSPS) is 13.8. The summed E-state index contributed by atoms with van der Waals surface area (Å²) in [5.74, 6) is 0. The summed E-state index contributed by atoms with van der Waals surface area (Å²) >= 11 is 8.36. The van der Waals surface area contributed by atoms with E-state index in [-0.39, 0.29) is 9.93 Å². The van der Waals surface area contributed by atoms with Gasteiger partial charge in [-0.1, -0.05) is 62.3 Å². The van der Waals surface area contributed by atoms with Crippen LogP contribution >= 0.6 is 23.4 Å². The summed E-state index contributed by atoms with van der Waals surface area (Å²) in [6.07, 6.45) is 1.75. The quantitative estimate of drug-likeness (QED) is 0.223. The molecule has 1 atom stereocenters. The molecular formula is C29H40ClN3O4S3Si. The minimum atomic E-state index is -3.81. The number of hydrogen-bond donors (Lipinski definition) is 2. The Hall–Kier alpha value is -1.57. The zero-order chi connectivity index (χ0) is 30.8. The average Bonchev–Trinajstić information content (AvgIpc) is 2.86. The van der Waals surface area contributed by atoms with Gasteiger partial charge >= 0.3 is 0 Å². The van der Waals surface area contributed by atoms with Gasteiger partial charge in [0.1, 0.15) is 5.03 Å². The van der Waals surface area contributed by atoms with E-state index in [1.54, 1.807) is 18.3 Å². The van der Waals surface area contributed by atoms with Crippen molar-refractivity contribution < 1.29 is 17.1 Å². The Morgan fingerprint density at radius 3 is 2.22 bits per heavy atom. The minimum Gasteiger partial charge on any atom is -0.412 e. The van der Waals surface area contributed by atoms with Crippen molar-refractivity contribution in [2.75, 3.05) is 0 Å². The third kappa shape index (κ3) is 8.96. The van der Waals surface area contributed by atoms with Gasteiger partial charge in [-0.15, -0.1) is 0 Å². The molecule has 1 unspecified atom stereocenters. The Morgan fingerprint density at radius 2 is 1.66 bits per heavy atom. The van der Waals surface area contributed by atoms with E-state index in [1.807, 2.05) is 45.0 Å². The molecule has 0 fully saturated rings. The summed E-state index contributed by atoms with van der Waals surface area (Å²) in [7, 11) is -7.09. The largest absolute Gasteiger partial charge is 0.412 e. The Bertz CT molecular complexity index is 1520. The van der Waals surface area contributed by atoms with Crippen LogP contribution in [0, 0.1) is 0 Å². The highest BCUT2D eigenvalue weighted by atomic mass is 35.5. The van der Waals surface area contributed by atoms with Crippen molar-refractivity contribution in [3.8, 4) is 11.1 Å². The Balaban J connectivity index is 2.02. The topological polar surface area (TPSA) is 111 Å². The number of rotatable bonds is 10. The molecule has 0 aliphatic heterocycles. The van der Waals surface area contributed by atoms with Crippen LogP contribution in [-0.4, -0.2) is 30.7 Å². The molecule has 0 spiro atoms. The molecular weight excluding hydrogens is 614 g/mol. The molecule has 2 aromatic carbocycles. The predicted octanol–water partition coefficient (Wildman–Crippen LogP) is 7.27. The lowest BCUT2D eigenvalue weighted by molar-refractivity contribution is 0.273. The predicted molar refractivity (Wildman–Crippen MR) is 173 cm³/mol. The second-order valence-electron chi connectivity index (χ2n) is 12.3. The van der Waals surface area contributed by atoms with E-state index in [2.05, 4.69) is 43.6 Å². The monoisotopic (exact) mass is 653 g/mol. The molecule has 3 aromatic rings. The van der Waals surface area contributed by atoms with Crippen molar-refractivity contribution in [3.63, 3.8) is 0 Å². The lowest BCUT2D eigenvalue weighted by Crippen LogP contribution is -2.40. The fourth-order valence-corrected chi connectivity index (χ4v) is 6.98. The van der Waals surface area contributed by atoms with Gasteiger partial charge in [-0.2, -0.15) is 0 Å². The first-order chi connectivity index (χ1) is 18.8. The van der Waals surface area contributed by atoms with Crippen molar-refractivity contribution in [1.29, 1.82) is 0 Å². The number of halogens is 1. The third-order valence-corrected chi connectivity index (χ3v) is 15.6. The molecule has 1 aromatic heterocycles. The van der Waals surface area contributed by atoms with Gasteiger partial charge in [0.25, 0.3) is 0 Å². The van der Waals surface area contributed by atoms with Crippen LogP contribution in [0.1, 0.15) is 52.7 Å². The van der Waals surface area contributed by atoms with E-state index < -0.39 is 34.1 Å². The number of primary sulfonamides is 1. The van der Waals surface area contributed by atoms with E-state index in [9.17, 15) is 12.6 Å². The Morgan fingerprint density at radius 1 is 1.02 bits per heavy atom. The summed E-state index contributed by atoms with van der Waals surface area (Å²) in [5.41, 5.74) is 3.38. The summed E-state index contributed by atoms with van der Waals surface area (Å²) < 4.78 is 45.5. The van der Waals surface area contributed by atoms with E-state index in [0.29, 0.717) is 18.2 Å². The van der Waals surface area contributed by atoms with Gasteiger partial charge in [0.15, 0.2) is 8.32 Å². The average molecular weight is 654 g/mol. The van der Waals surface area contributed by atoms with Crippen molar-refractivity contribution in [1.82, 2.24) is 9.71 Å². The van der Waals surface area contributed by atoms with Crippen molar-refractivity contribution >= 4 is 52.7 Å². The maximum absolute atomic E-state index is 12.9. The summed E-state index contributed by atoms with van der Waals surface area (Å²) in [6.45, 7) is 17.5. The second kappa shape index (κ2) is 13.0. The lowest BCUT2D eigenvalue weighted by atomic mass is 10.0. The van der Waals surface area contributed by atoms with Crippen LogP contribution < -0.4 is 9.86 Å². The van der Waals surface area contributed by atoms with Gasteiger partial charge in [0.2, 0.25) is 10.0 Å². The zero-order valence-electron chi connectivity index (χ0n) is 24.9. The number of aromatic nitrogens is 1. The molecule has 224 valence electrons. The molecule has 12 heteroatoms. The molecule has 41 heavy (non-hydrogen) atoms. The van der Waals surface area contributed by atoms with Crippen molar-refractivity contribution in [2.24, 2.45) is 5.14 Å². The molecule has 1 heterocycles. The van der Waals surface area contributed by atoms with Gasteiger partial charge in [-0.05, 0) is 85.9 Å². The standard InChI is InChI=1S/C29H40ClN3O4S3Si/c1-28(2,3)39(34)33-18-23-16-22(20-11-13-24(14-12-20)40(31,35)36)17-25(30)26(23)38-27-21(10-9-15-32-27)19-37-41(7,8)29(4,5)6/h9-17,33H,18-19H2,1-8H3,(H2,31,35,36). The summed E-state index contributed by atoms with van der Waals surface area (Å²) in [6, 6.07) is 14.1. The zero-order valence-corrected chi connectivity index (χ0v) is 29.1. The Labute approximate surface area is 257 Å². The maximum atomic E-state index is 12.9. The number of sulfonamides is 1. The molecule has 0 radical (unpaired) electrons. The van der Waals surface area contributed by atoms with E-state index >= 15 is 0 Å². The molecule has 0 aliphatic rings. The first kappa shape index (κ1) is 33.9. The summed E-state index contributed by atoms with van der Waals surface area (Å²) in [5, 5.41) is 6.64. The van der Waals surface area contributed by atoms with E-state index in [4.69, 9.17) is 21.2 Å². The number of benzene rings is 2. The Kier molecular flexibility index (Phi) is 10.7. The molecule has 0 aliphatic carbocycles. The molecule has 0 amide bonds. The van der Waals surface area contributed by atoms with Crippen molar-refractivity contribution in [3.05, 3.63) is 70.9 Å². The number of nitrogens with one attached hydrogen (secondary N) is 1. The minimum absolute atomic E-state index is 0.0320. The second-order valence-corrected chi connectivity index (χ2v) is 22.2. The van der Waals surface area contributed by atoms with E-state index in [0.717, 1.165) is 32.2 Å². The van der Waals surface area contributed by atoms with Crippen LogP contribution in [0.4, 0.5) is 0 Å². The molecule has 0 saturated heterocycles. The molecule has 3 N–H and O–H groups in total. The number of nitrogens with two attached hydrogens (primary N) is 1. The van der Waals surface area contributed by atoms with Gasteiger partial charge < -0.3 is 4.43 Å². The smallest absolute Gasteiger partial charge is 0.238 e. The van der Waals surface area contributed by atoms with Crippen LogP contribution in [-0.2, 0) is 38.6 Å². The van der Waals surface area contributed by atoms with Crippen molar-refractivity contribution in [2.45, 2.75) is 92.4 Å². The van der Waals surface area contributed by atoms with Gasteiger partial charge in [-0.25, -0.2) is 27.5 Å². The van der Waals surface area contributed by atoms with E-state index in [1.165, 1.54) is 23.9 Å². The van der Waals surface area contributed by atoms with Crippen LogP contribution in [0.2, 0.25) is 23.2 Å². The first-order valence-electron chi connectivity index (χ1n) is 13.2. The fourth-order valence-electron chi connectivity index (χ4n) is 3.46. The molecule has 7 nitrogen and oxygen atoms in total. The third-order valence-electron chi connectivity index (χ3n) is 7.03. The number of pyridine rings is 1. The van der Waals surface area contributed by atoms with Gasteiger partial charge in [0.05, 0.1) is 32.3 Å². The molecule has 3 rings (SSSR count). The SMILES string of the molecule is CC(C)(C)S(=O)NCc1cc(-c2ccc(S(N)(=O)=O)cc2)cc(Cl)c1Sc1ncccc1CO[Si](C)(C)C(C)(C)C. The van der Waals surface area contributed by atoms with Crippen LogP contribution in [0.25, 0.3) is 11.1 Å². The highest BCUT2D eigenvalue weighted by molar-refractivity contribution is 7.99. The molecule has 0 saturated carbocycles.